The highest BCUT2D eigenvalue weighted by Crippen LogP contribution is 2.14. The molecule has 0 aliphatic carbocycles. The predicted molar refractivity (Wildman–Crippen MR) is 102 cm³/mol. The van der Waals surface area contributed by atoms with Gasteiger partial charge in [-0.1, -0.05) is 60.7 Å². The number of pyridine rings is 1. The number of aromatic carboxylic acids is 1. The quantitative estimate of drug-likeness (QED) is 0.615. The van der Waals surface area contributed by atoms with Crippen molar-refractivity contribution in [3.05, 3.63) is 101 Å². The van der Waals surface area contributed by atoms with Gasteiger partial charge in [-0.15, -0.1) is 0 Å². The monoisotopic (exact) mass is 391 g/mol. The van der Waals surface area contributed by atoms with Crippen LogP contribution in [0.4, 0.5) is 0 Å². The summed E-state index contributed by atoms with van der Waals surface area (Å²) in [4.78, 5) is 39.9. The molecule has 1 aromatic heterocycles. The van der Waals surface area contributed by atoms with Gasteiger partial charge in [-0.2, -0.15) is 0 Å². The third-order valence-electron chi connectivity index (χ3n) is 3.97. The SMILES string of the molecule is O=C(OCc1ccccc1)c1cnc(C(=O)OCc2ccccc2)c(C(=O)O)c1. The summed E-state index contributed by atoms with van der Waals surface area (Å²) in [5.74, 6) is -3.04. The zero-order chi connectivity index (χ0) is 20.6. The van der Waals surface area contributed by atoms with Crippen LogP contribution in [-0.2, 0) is 22.7 Å². The highest BCUT2D eigenvalue weighted by Gasteiger charge is 2.22. The standard InChI is InChI=1S/C22H17NO6/c24-20(25)18-11-17(21(26)28-13-15-7-3-1-4-8-15)12-23-19(18)22(27)29-14-16-9-5-2-6-10-16/h1-12H,13-14H2,(H,24,25). The lowest BCUT2D eigenvalue weighted by Crippen LogP contribution is -2.16. The Bertz CT molecular complexity index is 1020. The van der Waals surface area contributed by atoms with Crippen molar-refractivity contribution in [2.45, 2.75) is 13.2 Å². The Morgan fingerprint density at radius 3 is 1.83 bits per heavy atom. The van der Waals surface area contributed by atoms with E-state index in [1.165, 1.54) is 0 Å². The van der Waals surface area contributed by atoms with Crippen LogP contribution in [-0.4, -0.2) is 28.0 Å². The van der Waals surface area contributed by atoms with E-state index < -0.39 is 23.5 Å². The lowest BCUT2D eigenvalue weighted by molar-refractivity contribution is 0.0446. The minimum atomic E-state index is -1.40. The molecule has 0 atom stereocenters. The summed E-state index contributed by atoms with van der Waals surface area (Å²) in [5.41, 5.74) is 0.649. The van der Waals surface area contributed by atoms with Crippen molar-refractivity contribution < 1.29 is 29.0 Å². The highest BCUT2D eigenvalue weighted by molar-refractivity contribution is 6.03. The molecule has 0 saturated carbocycles. The number of carboxylic acid groups (broad SMARTS) is 1. The zero-order valence-electron chi connectivity index (χ0n) is 15.3. The fourth-order valence-electron chi connectivity index (χ4n) is 2.50. The number of aromatic nitrogens is 1. The van der Waals surface area contributed by atoms with E-state index in [-0.39, 0.29) is 24.5 Å². The number of rotatable bonds is 7. The van der Waals surface area contributed by atoms with Gasteiger partial charge in [0.05, 0.1) is 11.1 Å². The van der Waals surface area contributed by atoms with Gasteiger partial charge in [0.15, 0.2) is 5.69 Å². The Hall–Kier alpha value is -4.00. The minimum absolute atomic E-state index is 0.0265. The second kappa shape index (κ2) is 9.27. The highest BCUT2D eigenvalue weighted by atomic mass is 16.5. The van der Waals surface area contributed by atoms with Gasteiger partial charge in [0, 0.05) is 6.20 Å². The van der Waals surface area contributed by atoms with E-state index in [2.05, 4.69) is 4.98 Å². The van der Waals surface area contributed by atoms with E-state index in [0.717, 1.165) is 23.4 Å². The number of hydrogen-bond acceptors (Lipinski definition) is 6. The van der Waals surface area contributed by atoms with Gasteiger partial charge < -0.3 is 14.6 Å². The number of carboxylic acids is 1. The van der Waals surface area contributed by atoms with E-state index in [0.29, 0.717) is 0 Å². The Balaban J connectivity index is 1.71. The molecule has 0 amide bonds. The molecule has 3 aromatic rings. The van der Waals surface area contributed by atoms with Crippen LogP contribution in [0.25, 0.3) is 0 Å². The van der Waals surface area contributed by atoms with Gasteiger partial charge in [-0.3, -0.25) is 0 Å². The zero-order valence-corrected chi connectivity index (χ0v) is 15.3. The Labute approximate surface area is 166 Å². The van der Waals surface area contributed by atoms with Crippen LogP contribution in [0.5, 0.6) is 0 Å². The Kier molecular flexibility index (Phi) is 6.32. The van der Waals surface area contributed by atoms with Crippen molar-refractivity contribution in [2.75, 3.05) is 0 Å². The van der Waals surface area contributed by atoms with E-state index in [4.69, 9.17) is 9.47 Å². The lowest BCUT2D eigenvalue weighted by atomic mass is 10.1. The third kappa shape index (κ3) is 5.26. The molecule has 146 valence electrons. The second-order valence-corrected chi connectivity index (χ2v) is 6.05. The van der Waals surface area contributed by atoms with Crippen LogP contribution >= 0.6 is 0 Å². The molecule has 1 heterocycles. The lowest BCUT2D eigenvalue weighted by Gasteiger charge is -2.09. The molecule has 0 aliphatic heterocycles. The molecule has 0 bridgehead atoms. The first-order valence-electron chi connectivity index (χ1n) is 8.70. The number of carbonyl (C=O) groups excluding carboxylic acids is 2. The predicted octanol–water partition coefficient (Wildman–Crippen LogP) is 3.49. The van der Waals surface area contributed by atoms with Gasteiger partial charge >= 0.3 is 17.9 Å². The number of benzene rings is 2. The van der Waals surface area contributed by atoms with E-state index in [1.807, 2.05) is 24.3 Å². The first-order valence-corrected chi connectivity index (χ1v) is 8.70. The molecular weight excluding hydrogens is 374 g/mol. The summed E-state index contributed by atoms with van der Waals surface area (Å²) < 4.78 is 10.3. The van der Waals surface area contributed by atoms with Crippen LogP contribution in [0.15, 0.2) is 72.9 Å². The smallest absolute Gasteiger partial charge is 0.358 e. The average molecular weight is 391 g/mol. The van der Waals surface area contributed by atoms with E-state index in [9.17, 15) is 19.5 Å². The summed E-state index contributed by atoms with van der Waals surface area (Å²) in [6, 6.07) is 19.0. The fraction of sp³-hybridized carbons (Fsp3) is 0.0909. The van der Waals surface area contributed by atoms with Gasteiger partial charge in [-0.25, -0.2) is 19.4 Å². The molecule has 1 N–H and O–H groups in total. The molecule has 0 fully saturated rings. The largest absolute Gasteiger partial charge is 0.478 e. The molecule has 0 aliphatic rings. The van der Waals surface area contributed by atoms with Crippen molar-refractivity contribution in [1.29, 1.82) is 0 Å². The topological polar surface area (TPSA) is 103 Å². The molecular formula is C22H17NO6. The van der Waals surface area contributed by atoms with E-state index in [1.54, 1.807) is 36.4 Å². The van der Waals surface area contributed by atoms with Gasteiger partial charge in [0.25, 0.3) is 0 Å². The Morgan fingerprint density at radius 1 is 0.793 bits per heavy atom. The summed E-state index contributed by atoms with van der Waals surface area (Å²) in [6.07, 6.45) is 1.10. The minimum Gasteiger partial charge on any atom is -0.478 e. The molecule has 0 unspecified atom stereocenters. The summed E-state index contributed by atoms with van der Waals surface area (Å²) >= 11 is 0. The summed E-state index contributed by atoms with van der Waals surface area (Å²) in [5, 5.41) is 9.41. The Morgan fingerprint density at radius 2 is 1.31 bits per heavy atom. The van der Waals surface area contributed by atoms with Gasteiger partial charge in [0.1, 0.15) is 13.2 Å². The molecule has 3 rings (SSSR count). The molecule has 2 aromatic carbocycles. The number of nitrogens with zero attached hydrogens (tertiary/aromatic N) is 1. The van der Waals surface area contributed by atoms with Gasteiger partial charge in [0.2, 0.25) is 0 Å². The third-order valence-corrected chi connectivity index (χ3v) is 3.97. The summed E-state index contributed by atoms with van der Waals surface area (Å²) in [7, 11) is 0. The molecule has 29 heavy (non-hydrogen) atoms. The van der Waals surface area contributed by atoms with Crippen LogP contribution in [0.1, 0.15) is 42.3 Å². The molecule has 0 spiro atoms. The van der Waals surface area contributed by atoms with Crippen LogP contribution in [0.3, 0.4) is 0 Å². The molecule has 0 saturated heterocycles. The normalized spacial score (nSPS) is 10.2. The number of ether oxygens (including phenoxy) is 2. The van der Waals surface area contributed by atoms with Crippen LogP contribution in [0, 0.1) is 0 Å². The maximum atomic E-state index is 12.3. The van der Waals surface area contributed by atoms with Crippen molar-refractivity contribution in [3.8, 4) is 0 Å². The average Bonchev–Trinajstić information content (AvgIpc) is 2.76. The first-order chi connectivity index (χ1) is 14.0. The van der Waals surface area contributed by atoms with Gasteiger partial charge in [-0.05, 0) is 17.2 Å². The maximum absolute atomic E-state index is 12.3. The second-order valence-electron chi connectivity index (χ2n) is 6.05. The fourth-order valence-corrected chi connectivity index (χ4v) is 2.50. The summed E-state index contributed by atoms with van der Waals surface area (Å²) in [6.45, 7) is 0.00419. The van der Waals surface area contributed by atoms with E-state index >= 15 is 0 Å². The van der Waals surface area contributed by atoms with Crippen LogP contribution in [0.2, 0.25) is 0 Å². The van der Waals surface area contributed by atoms with Crippen molar-refractivity contribution in [3.63, 3.8) is 0 Å². The molecule has 7 heteroatoms. The van der Waals surface area contributed by atoms with Crippen molar-refractivity contribution >= 4 is 17.9 Å². The van der Waals surface area contributed by atoms with Crippen molar-refractivity contribution in [2.24, 2.45) is 0 Å². The number of carbonyl (C=O) groups is 3. The first kappa shape index (κ1) is 19.8. The maximum Gasteiger partial charge on any atom is 0.358 e. The molecule has 0 radical (unpaired) electrons. The van der Waals surface area contributed by atoms with Crippen molar-refractivity contribution in [1.82, 2.24) is 4.98 Å². The molecule has 7 nitrogen and oxygen atoms in total. The van der Waals surface area contributed by atoms with Crippen LogP contribution < -0.4 is 0 Å². The number of esters is 2. The number of hydrogen-bond donors (Lipinski definition) is 1.